The van der Waals surface area contributed by atoms with Gasteiger partial charge in [0.15, 0.2) is 5.75 Å². The summed E-state index contributed by atoms with van der Waals surface area (Å²) in [6.07, 6.45) is 0. The number of nitrogens with one attached hydrogen (secondary N) is 2. The number of halogens is 2. The Balaban J connectivity index is 2.06. The Morgan fingerprint density at radius 1 is 0.708 bits per heavy atom. The lowest BCUT2D eigenvalue weighted by Crippen LogP contribution is -1.86. The minimum Gasteiger partial charge on any atom is -0.492 e. The Labute approximate surface area is 147 Å². The topological polar surface area (TPSA) is 40.8 Å². The van der Waals surface area contributed by atoms with Crippen LogP contribution in [-0.2, 0) is 0 Å². The molecule has 0 aliphatic rings. The Morgan fingerprint density at radius 3 is 1.67 bits per heavy atom. The second-order valence-corrected chi connectivity index (χ2v) is 6.76. The van der Waals surface area contributed by atoms with Gasteiger partial charge in [-0.15, -0.1) is 0 Å². The molecule has 2 aromatic heterocycles. The lowest BCUT2D eigenvalue weighted by atomic mass is 10.1. The van der Waals surface area contributed by atoms with Gasteiger partial charge in [0.05, 0.1) is 18.1 Å². The number of rotatable bonds is 1. The molecule has 0 bridgehead atoms. The molecule has 0 amide bonds. The molecule has 24 heavy (non-hydrogen) atoms. The average molecular weight is 355 g/mol. The summed E-state index contributed by atoms with van der Waals surface area (Å²) in [5.74, 6) is 0.794. The quantitative estimate of drug-likeness (QED) is 0.365. The molecule has 3 nitrogen and oxygen atoms in total. The molecule has 5 aromatic rings. The van der Waals surface area contributed by atoms with Crippen molar-refractivity contribution in [2.45, 2.75) is 0 Å². The van der Waals surface area contributed by atoms with Gasteiger partial charge < -0.3 is 14.7 Å². The number of aromatic amines is 2. The summed E-state index contributed by atoms with van der Waals surface area (Å²) in [6.45, 7) is 0. The van der Waals surface area contributed by atoms with Crippen molar-refractivity contribution in [3.63, 3.8) is 0 Å². The Bertz CT molecular complexity index is 1170. The van der Waals surface area contributed by atoms with Crippen LogP contribution in [0.1, 0.15) is 0 Å². The third-order valence-electron chi connectivity index (χ3n) is 4.55. The maximum Gasteiger partial charge on any atom is 0.166 e. The molecule has 0 unspecified atom stereocenters. The zero-order chi connectivity index (χ0) is 16.4. The van der Waals surface area contributed by atoms with Gasteiger partial charge in [-0.05, 0) is 42.5 Å². The van der Waals surface area contributed by atoms with Crippen LogP contribution in [0.2, 0.25) is 10.0 Å². The molecule has 3 aromatic carbocycles. The van der Waals surface area contributed by atoms with Crippen molar-refractivity contribution in [2.24, 2.45) is 0 Å². The fourth-order valence-corrected chi connectivity index (χ4v) is 3.85. The summed E-state index contributed by atoms with van der Waals surface area (Å²) >= 11 is 12.4. The van der Waals surface area contributed by atoms with Gasteiger partial charge in [-0.25, -0.2) is 0 Å². The Morgan fingerprint density at radius 2 is 1.21 bits per heavy atom. The van der Waals surface area contributed by atoms with E-state index in [0.717, 1.165) is 49.4 Å². The molecule has 5 rings (SSSR count). The van der Waals surface area contributed by atoms with Gasteiger partial charge in [-0.2, -0.15) is 0 Å². The van der Waals surface area contributed by atoms with Gasteiger partial charge in [0.25, 0.3) is 0 Å². The van der Waals surface area contributed by atoms with E-state index in [1.54, 1.807) is 7.11 Å². The van der Waals surface area contributed by atoms with Gasteiger partial charge >= 0.3 is 0 Å². The van der Waals surface area contributed by atoms with Crippen LogP contribution in [0.5, 0.6) is 5.75 Å². The van der Waals surface area contributed by atoms with Crippen LogP contribution >= 0.6 is 23.2 Å². The molecule has 0 saturated heterocycles. The third kappa shape index (κ3) is 1.80. The highest BCUT2D eigenvalue weighted by atomic mass is 35.5. The Kier molecular flexibility index (Phi) is 2.82. The van der Waals surface area contributed by atoms with Crippen LogP contribution in [-0.4, -0.2) is 17.1 Å². The number of methoxy groups -OCH3 is 1. The molecule has 5 heteroatoms. The van der Waals surface area contributed by atoms with Crippen LogP contribution in [0.25, 0.3) is 43.6 Å². The molecule has 0 radical (unpaired) electrons. The number of H-pyrrole nitrogens is 2. The molecule has 2 N–H and O–H groups in total. The fourth-order valence-electron chi connectivity index (χ4n) is 3.50. The molecule has 0 aliphatic carbocycles. The zero-order valence-electron chi connectivity index (χ0n) is 12.7. The molecule has 0 aliphatic heterocycles. The number of aromatic nitrogens is 2. The van der Waals surface area contributed by atoms with Crippen LogP contribution in [0.4, 0.5) is 0 Å². The standard InChI is InChI=1S/C19H12Cl2N2O/c1-24-19-17-13(11-6-9(20)2-4-15(11)22-17)8-14-12-7-10(21)3-5-16(12)23-18(14)19/h2-8,22-23H,1H3. The second kappa shape index (κ2) is 4.82. The monoisotopic (exact) mass is 354 g/mol. The highest BCUT2D eigenvalue weighted by Crippen LogP contribution is 2.41. The zero-order valence-corrected chi connectivity index (χ0v) is 14.2. The summed E-state index contributed by atoms with van der Waals surface area (Å²) in [7, 11) is 1.69. The minimum atomic E-state index is 0.712. The number of hydrogen-bond donors (Lipinski definition) is 2. The molecule has 0 atom stereocenters. The first-order valence-electron chi connectivity index (χ1n) is 7.54. The SMILES string of the molecule is COc1c2[nH]c3ccc(Cl)cc3c2cc2c1[nH]c1ccc(Cl)cc12. The van der Waals surface area contributed by atoms with Gasteiger partial charge in [0.2, 0.25) is 0 Å². The summed E-state index contributed by atoms with van der Waals surface area (Å²) < 4.78 is 5.73. The normalized spacial score (nSPS) is 12.0. The van der Waals surface area contributed by atoms with Gasteiger partial charge in [0.1, 0.15) is 0 Å². The van der Waals surface area contributed by atoms with E-state index in [9.17, 15) is 0 Å². The average Bonchev–Trinajstić information content (AvgIpc) is 3.10. The summed E-state index contributed by atoms with van der Waals surface area (Å²) in [4.78, 5) is 6.89. The van der Waals surface area contributed by atoms with E-state index in [1.165, 1.54) is 0 Å². The van der Waals surface area contributed by atoms with Crippen LogP contribution < -0.4 is 4.74 Å². The van der Waals surface area contributed by atoms with Gasteiger partial charge in [-0.3, -0.25) is 0 Å². The van der Waals surface area contributed by atoms with Crippen molar-refractivity contribution >= 4 is 66.8 Å². The number of fused-ring (bicyclic) bond motifs is 6. The lowest BCUT2D eigenvalue weighted by molar-refractivity contribution is 0.423. The first-order valence-corrected chi connectivity index (χ1v) is 8.30. The lowest BCUT2D eigenvalue weighted by Gasteiger charge is -2.04. The first kappa shape index (κ1) is 14.0. The summed E-state index contributed by atoms with van der Waals surface area (Å²) in [6, 6.07) is 13.9. The second-order valence-electron chi connectivity index (χ2n) is 5.88. The van der Waals surface area contributed by atoms with Gasteiger partial charge in [-0.1, -0.05) is 23.2 Å². The van der Waals surface area contributed by atoms with E-state index in [2.05, 4.69) is 16.0 Å². The van der Waals surface area contributed by atoms with E-state index < -0.39 is 0 Å². The number of hydrogen-bond acceptors (Lipinski definition) is 1. The molecular formula is C19H12Cl2N2O. The number of ether oxygens (including phenoxy) is 1. The van der Waals surface area contributed by atoms with Crippen molar-refractivity contribution in [1.29, 1.82) is 0 Å². The van der Waals surface area contributed by atoms with E-state index >= 15 is 0 Å². The van der Waals surface area contributed by atoms with E-state index in [1.807, 2.05) is 36.4 Å². The largest absolute Gasteiger partial charge is 0.492 e. The smallest absolute Gasteiger partial charge is 0.166 e. The highest BCUT2D eigenvalue weighted by Gasteiger charge is 2.17. The molecular weight excluding hydrogens is 343 g/mol. The van der Waals surface area contributed by atoms with Crippen LogP contribution in [0, 0.1) is 0 Å². The van der Waals surface area contributed by atoms with E-state index in [4.69, 9.17) is 27.9 Å². The molecule has 2 heterocycles. The number of benzene rings is 3. The predicted octanol–water partition coefficient (Wildman–Crippen LogP) is 6.27. The van der Waals surface area contributed by atoms with E-state index in [-0.39, 0.29) is 0 Å². The van der Waals surface area contributed by atoms with Crippen molar-refractivity contribution in [2.75, 3.05) is 7.11 Å². The Hall–Kier alpha value is -2.36. The van der Waals surface area contributed by atoms with Crippen molar-refractivity contribution in [1.82, 2.24) is 9.97 Å². The van der Waals surface area contributed by atoms with Crippen molar-refractivity contribution < 1.29 is 4.74 Å². The van der Waals surface area contributed by atoms with E-state index in [0.29, 0.717) is 10.0 Å². The summed E-state index contributed by atoms with van der Waals surface area (Å²) in [5, 5.41) is 5.74. The van der Waals surface area contributed by atoms with Crippen LogP contribution in [0.3, 0.4) is 0 Å². The maximum absolute atomic E-state index is 6.19. The molecule has 0 saturated carbocycles. The van der Waals surface area contributed by atoms with Gasteiger partial charge in [0, 0.05) is 42.6 Å². The molecule has 0 spiro atoms. The van der Waals surface area contributed by atoms with Crippen molar-refractivity contribution in [3.8, 4) is 5.75 Å². The third-order valence-corrected chi connectivity index (χ3v) is 5.02. The first-order chi connectivity index (χ1) is 11.7. The van der Waals surface area contributed by atoms with Crippen molar-refractivity contribution in [3.05, 3.63) is 52.5 Å². The maximum atomic E-state index is 6.19. The molecule has 0 fully saturated rings. The van der Waals surface area contributed by atoms with Crippen LogP contribution in [0.15, 0.2) is 42.5 Å². The highest BCUT2D eigenvalue weighted by molar-refractivity contribution is 6.33. The minimum absolute atomic E-state index is 0.712. The predicted molar refractivity (Wildman–Crippen MR) is 102 cm³/mol. The summed E-state index contributed by atoms with van der Waals surface area (Å²) in [5.41, 5.74) is 3.98. The molecule has 118 valence electrons. The fraction of sp³-hybridized carbons (Fsp3) is 0.0526.